The van der Waals surface area contributed by atoms with E-state index in [2.05, 4.69) is 5.32 Å². The van der Waals surface area contributed by atoms with Gasteiger partial charge in [0.05, 0.1) is 4.92 Å². The zero-order chi connectivity index (χ0) is 18.4. The first-order chi connectivity index (χ1) is 12.6. The zero-order valence-corrected chi connectivity index (χ0v) is 14.5. The second-order valence-corrected chi connectivity index (χ2v) is 6.55. The molecule has 2 aromatic carbocycles. The maximum atomic E-state index is 11.7. The third-order valence-electron chi connectivity index (χ3n) is 4.51. The zero-order valence-electron chi connectivity index (χ0n) is 14.5. The van der Waals surface area contributed by atoms with Gasteiger partial charge in [-0.05, 0) is 36.5 Å². The second-order valence-electron chi connectivity index (χ2n) is 6.55. The van der Waals surface area contributed by atoms with E-state index in [4.69, 9.17) is 4.74 Å². The fourth-order valence-corrected chi connectivity index (χ4v) is 3.17. The Morgan fingerprint density at radius 1 is 1.12 bits per heavy atom. The molecule has 1 heterocycles. The largest absolute Gasteiger partial charge is 0.482 e. The molecule has 136 valence electrons. The lowest BCUT2D eigenvalue weighted by atomic mass is 10.0. The third kappa shape index (κ3) is 4.81. The van der Waals surface area contributed by atoms with Crippen LogP contribution in [-0.2, 0) is 17.8 Å². The molecule has 0 saturated carbocycles. The summed E-state index contributed by atoms with van der Waals surface area (Å²) in [4.78, 5) is 22.6. The lowest BCUT2D eigenvalue weighted by molar-refractivity contribution is -0.386. The number of amides is 1. The summed E-state index contributed by atoms with van der Waals surface area (Å²) in [5.41, 5.74) is 1.82. The monoisotopic (exact) mass is 354 g/mol. The van der Waals surface area contributed by atoms with Crippen molar-refractivity contribution in [3.63, 3.8) is 0 Å². The molecule has 1 saturated heterocycles. The van der Waals surface area contributed by atoms with Gasteiger partial charge in [0.2, 0.25) is 5.91 Å². The molecule has 0 aliphatic carbocycles. The highest BCUT2D eigenvalue weighted by Gasteiger charge is 2.20. The van der Waals surface area contributed by atoms with E-state index >= 15 is 0 Å². The van der Waals surface area contributed by atoms with Crippen LogP contribution in [0.3, 0.4) is 0 Å². The van der Waals surface area contributed by atoms with Crippen molar-refractivity contribution in [2.45, 2.75) is 44.8 Å². The minimum Gasteiger partial charge on any atom is -0.482 e. The van der Waals surface area contributed by atoms with Crippen LogP contribution < -0.4 is 10.1 Å². The van der Waals surface area contributed by atoms with E-state index in [9.17, 15) is 14.9 Å². The highest BCUT2D eigenvalue weighted by Crippen LogP contribution is 2.29. The van der Waals surface area contributed by atoms with Crippen molar-refractivity contribution in [1.29, 1.82) is 0 Å². The first-order valence-corrected chi connectivity index (χ1v) is 8.85. The molecule has 1 unspecified atom stereocenters. The minimum absolute atomic E-state index is 0.0467. The van der Waals surface area contributed by atoms with E-state index in [0.717, 1.165) is 30.4 Å². The average molecular weight is 354 g/mol. The van der Waals surface area contributed by atoms with Crippen LogP contribution in [0.5, 0.6) is 5.75 Å². The number of nitro groups is 1. The SMILES string of the molecule is O=C1CCCCC(Cc2ccc([N+](=O)[O-])c(OCc3ccccc3)c2)N1. The Hall–Kier alpha value is -2.89. The number of nitrogens with one attached hydrogen (secondary N) is 1. The van der Waals surface area contributed by atoms with Crippen molar-refractivity contribution >= 4 is 11.6 Å². The summed E-state index contributed by atoms with van der Waals surface area (Å²) in [7, 11) is 0. The van der Waals surface area contributed by atoms with Crippen molar-refractivity contribution in [3.8, 4) is 5.75 Å². The number of hydrogen-bond donors (Lipinski definition) is 1. The summed E-state index contributed by atoms with van der Waals surface area (Å²) in [5.74, 6) is 0.339. The van der Waals surface area contributed by atoms with Crippen LogP contribution in [0.25, 0.3) is 0 Å². The van der Waals surface area contributed by atoms with Crippen LogP contribution in [0.1, 0.15) is 36.8 Å². The van der Waals surface area contributed by atoms with Gasteiger partial charge in [-0.25, -0.2) is 0 Å². The Kier molecular flexibility index (Phi) is 5.84. The summed E-state index contributed by atoms with van der Waals surface area (Å²) in [5, 5.41) is 14.3. The van der Waals surface area contributed by atoms with E-state index in [0.29, 0.717) is 12.8 Å². The van der Waals surface area contributed by atoms with Gasteiger partial charge in [-0.3, -0.25) is 14.9 Å². The van der Waals surface area contributed by atoms with Gasteiger partial charge in [0.15, 0.2) is 5.75 Å². The Balaban J connectivity index is 1.74. The standard InChI is InChI=1S/C20H22N2O4/c23-20-9-5-4-8-17(21-20)12-16-10-11-18(22(24)25)19(13-16)26-14-15-6-2-1-3-7-15/h1-3,6-7,10-11,13,17H,4-5,8-9,12,14H2,(H,21,23). The van der Waals surface area contributed by atoms with Crippen LogP contribution in [0.4, 0.5) is 5.69 Å². The van der Waals surface area contributed by atoms with Crippen molar-refractivity contribution < 1.29 is 14.5 Å². The topological polar surface area (TPSA) is 81.5 Å². The van der Waals surface area contributed by atoms with E-state index < -0.39 is 4.92 Å². The second kappa shape index (κ2) is 8.47. The van der Waals surface area contributed by atoms with Crippen molar-refractivity contribution in [1.82, 2.24) is 5.32 Å². The molecule has 0 bridgehead atoms. The Morgan fingerprint density at radius 2 is 1.92 bits per heavy atom. The van der Waals surface area contributed by atoms with Gasteiger partial charge in [0.25, 0.3) is 0 Å². The molecule has 26 heavy (non-hydrogen) atoms. The van der Waals surface area contributed by atoms with Gasteiger partial charge in [-0.1, -0.05) is 42.8 Å². The van der Waals surface area contributed by atoms with Gasteiger partial charge < -0.3 is 10.1 Å². The molecule has 1 N–H and O–H groups in total. The van der Waals surface area contributed by atoms with E-state index in [-0.39, 0.29) is 30.0 Å². The Bertz CT molecular complexity index is 777. The molecule has 1 amide bonds. The van der Waals surface area contributed by atoms with Gasteiger partial charge in [0.1, 0.15) is 6.61 Å². The molecule has 1 fully saturated rings. The molecule has 0 aromatic heterocycles. The summed E-state index contributed by atoms with van der Waals surface area (Å²) >= 11 is 0. The lowest BCUT2D eigenvalue weighted by Crippen LogP contribution is -2.34. The summed E-state index contributed by atoms with van der Waals surface area (Å²) in [6, 6.07) is 14.5. The number of hydrogen-bond acceptors (Lipinski definition) is 4. The van der Waals surface area contributed by atoms with Crippen LogP contribution in [0.15, 0.2) is 48.5 Å². The van der Waals surface area contributed by atoms with Gasteiger partial charge in [-0.15, -0.1) is 0 Å². The van der Waals surface area contributed by atoms with Crippen molar-refractivity contribution in [2.75, 3.05) is 0 Å². The first kappa shape index (κ1) is 17.9. The quantitative estimate of drug-likeness (QED) is 0.632. The summed E-state index contributed by atoms with van der Waals surface area (Å²) in [6.07, 6.45) is 4.05. The molecule has 2 aromatic rings. The Morgan fingerprint density at radius 3 is 2.69 bits per heavy atom. The predicted molar refractivity (Wildman–Crippen MR) is 98.0 cm³/mol. The normalized spacial score (nSPS) is 17.2. The smallest absolute Gasteiger partial charge is 0.310 e. The predicted octanol–water partition coefficient (Wildman–Crippen LogP) is 3.78. The Labute approximate surface area is 152 Å². The van der Waals surface area contributed by atoms with E-state index in [1.54, 1.807) is 12.1 Å². The van der Waals surface area contributed by atoms with Crippen LogP contribution >= 0.6 is 0 Å². The molecular formula is C20H22N2O4. The first-order valence-electron chi connectivity index (χ1n) is 8.85. The van der Waals surface area contributed by atoms with Crippen molar-refractivity contribution in [2.24, 2.45) is 0 Å². The number of benzene rings is 2. The third-order valence-corrected chi connectivity index (χ3v) is 4.51. The van der Waals surface area contributed by atoms with Gasteiger partial charge in [0, 0.05) is 18.5 Å². The summed E-state index contributed by atoms with van der Waals surface area (Å²) in [6.45, 7) is 0.269. The molecule has 3 rings (SSSR count). The molecule has 0 radical (unpaired) electrons. The number of nitrogens with zero attached hydrogens (tertiary/aromatic N) is 1. The molecule has 0 spiro atoms. The number of rotatable bonds is 6. The van der Waals surface area contributed by atoms with Crippen molar-refractivity contribution in [3.05, 3.63) is 69.8 Å². The number of carbonyl (C=O) groups excluding carboxylic acids is 1. The van der Waals surface area contributed by atoms with E-state index in [1.807, 2.05) is 30.3 Å². The van der Waals surface area contributed by atoms with Gasteiger partial charge in [-0.2, -0.15) is 0 Å². The number of carbonyl (C=O) groups is 1. The van der Waals surface area contributed by atoms with Crippen LogP contribution in [-0.4, -0.2) is 16.9 Å². The van der Waals surface area contributed by atoms with E-state index in [1.165, 1.54) is 6.07 Å². The fourth-order valence-electron chi connectivity index (χ4n) is 3.17. The summed E-state index contributed by atoms with van der Waals surface area (Å²) < 4.78 is 5.73. The highest BCUT2D eigenvalue weighted by atomic mass is 16.6. The maximum Gasteiger partial charge on any atom is 0.310 e. The minimum atomic E-state index is -0.433. The average Bonchev–Trinajstić information content (AvgIpc) is 2.84. The molecule has 6 heteroatoms. The molecular weight excluding hydrogens is 332 g/mol. The fraction of sp³-hybridized carbons (Fsp3) is 0.350. The molecule has 1 aliphatic rings. The molecule has 1 atom stereocenters. The molecule has 6 nitrogen and oxygen atoms in total. The lowest BCUT2D eigenvalue weighted by Gasteiger charge is -2.16. The maximum absolute atomic E-state index is 11.7. The van der Waals surface area contributed by atoms with Crippen LogP contribution in [0, 0.1) is 10.1 Å². The highest BCUT2D eigenvalue weighted by molar-refractivity contribution is 5.76. The number of nitro benzene ring substituents is 1. The number of ether oxygens (including phenoxy) is 1. The molecule has 1 aliphatic heterocycles. The van der Waals surface area contributed by atoms with Gasteiger partial charge >= 0.3 is 5.69 Å². The van der Waals surface area contributed by atoms with Crippen LogP contribution in [0.2, 0.25) is 0 Å².